The minimum Gasteiger partial charge on any atom is -0.390 e. The van der Waals surface area contributed by atoms with Crippen molar-refractivity contribution < 1.29 is 0 Å². The van der Waals surface area contributed by atoms with Crippen molar-refractivity contribution in [2.24, 2.45) is 21.5 Å². The summed E-state index contributed by atoms with van der Waals surface area (Å²) in [4.78, 5) is 11.9. The molecule has 0 saturated heterocycles. The van der Waals surface area contributed by atoms with Gasteiger partial charge in [0.1, 0.15) is 11.9 Å². The highest BCUT2D eigenvalue weighted by molar-refractivity contribution is 5.94. The maximum atomic E-state index is 8.60. The van der Waals surface area contributed by atoms with Gasteiger partial charge in [-0.1, -0.05) is 0 Å². The molecule has 0 amide bonds. The number of pyridine rings is 1. The van der Waals surface area contributed by atoms with E-state index in [-0.39, 0.29) is 6.04 Å². The van der Waals surface area contributed by atoms with Crippen molar-refractivity contribution in [1.29, 1.82) is 5.26 Å². The van der Waals surface area contributed by atoms with E-state index >= 15 is 0 Å². The third kappa shape index (κ3) is 3.15. The van der Waals surface area contributed by atoms with Crippen LogP contribution in [-0.2, 0) is 0 Å². The summed E-state index contributed by atoms with van der Waals surface area (Å²) in [6.07, 6.45) is 2.57. The Morgan fingerprint density at radius 1 is 1.62 bits per heavy atom. The van der Waals surface area contributed by atoms with Crippen LogP contribution in [0.3, 0.4) is 0 Å². The van der Waals surface area contributed by atoms with E-state index in [2.05, 4.69) is 15.0 Å². The van der Waals surface area contributed by atoms with E-state index in [4.69, 9.17) is 16.7 Å². The van der Waals surface area contributed by atoms with E-state index in [1.807, 2.05) is 6.07 Å². The molecule has 1 aromatic rings. The zero-order chi connectivity index (χ0) is 12.0. The van der Waals surface area contributed by atoms with Gasteiger partial charge in [-0.25, -0.2) is 15.0 Å². The highest BCUT2D eigenvalue weighted by Gasteiger charge is 2.03. The average molecular weight is 216 g/mol. The molecule has 1 aromatic heterocycles. The molecule has 82 valence electrons. The number of rotatable bonds is 2. The van der Waals surface area contributed by atoms with Crippen LogP contribution < -0.4 is 11.5 Å². The third-order valence-corrected chi connectivity index (χ3v) is 1.72. The van der Waals surface area contributed by atoms with Crippen molar-refractivity contribution >= 4 is 18.0 Å². The first-order valence-electron chi connectivity index (χ1n) is 4.62. The van der Waals surface area contributed by atoms with Crippen molar-refractivity contribution in [3.63, 3.8) is 0 Å². The summed E-state index contributed by atoms with van der Waals surface area (Å²) < 4.78 is 0. The Morgan fingerprint density at radius 2 is 2.38 bits per heavy atom. The fourth-order valence-electron chi connectivity index (χ4n) is 0.960. The maximum absolute atomic E-state index is 8.60. The summed E-state index contributed by atoms with van der Waals surface area (Å²) in [5.74, 6) is 0.830. The third-order valence-electron chi connectivity index (χ3n) is 1.72. The Kier molecular flexibility index (Phi) is 4.12. The fourth-order valence-corrected chi connectivity index (χ4v) is 0.960. The smallest absolute Gasteiger partial charge is 0.154 e. The molecule has 1 rings (SSSR count). The molecule has 1 atom stereocenters. The van der Waals surface area contributed by atoms with Crippen molar-refractivity contribution in [3.8, 4) is 6.07 Å². The normalized spacial score (nSPS) is 13.7. The predicted molar refractivity (Wildman–Crippen MR) is 62.4 cm³/mol. The molecule has 16 heavy (non-hydrogen) atoms. The van der Waals surface area contributed by atoms with E-state index in [0.29, 0.717) is 17.2 Å². The van der Waals surface area contributed by atoms with Crippen molar-refractivity contribution in [2.45, 2.75) is 13.0 Å². The standard InChI is InChI=1S/C10H12N6/c1-7(13)10(15-6-12)16-9-3-2-8(4-11)5-14-9/h2-3,5-7H,13H2,1H3,(H2,12,14,15,16)/t7-/m0/s1. The van der Waals surface area contributed by atoms with Gasteiger partial charge in [0.25, 0.3) is 0 Å². The molecule has 0 aliphatic heterocycles. The second kappa shape index (κ2) is 5.58. The molecule has 0 bridgehead atoms. The van der Waals surface area contributed by atoms with Crippen LogP contribution in [0.2, 0.25) is 0 Å². The van der Waals surface area contributed by atoms with E-state index in [1.54, 1.807) is 19.1 Å². The first-order chi connectivity index (χ1) is 7.67. The van der Waals surface area contributed by atoms with Crippen molar-refractivity contribution in [3.05, 3.63) is 23.9 Å². The molecule has 6 nitrogen and oxygen atoms in total. The van der Waals surface area contributed by atoms with Crippen LogP contribution >= 0.6 is 0 Å². The molecule has 0 spiro atoms. The van der Waals surface area contributed by atoms with Crippen LogP contribution in [0.5, 0.6) is 0 Å². The lowest BCUT2D eigenvalue weighted by molar-refractivity contribution is 0.958. The molecule has 1 heterocycles. The van der Waals surface area contributed by atoms with Crippen molar-refractivity contribution in [1.82, 2.24) is 4.98 Å². The van der Waals surface area contributed by atoms with Gasteiger partial charge >= 0.3 is 0 Å². The first-order valence-corrected chi connectivity index (χ1v) is 4.62. The van der Waals surface area contributed by atoms with E-state index in [9.17, 15) is 0 Å². The van der Waals surface area contributed by atoms with Gasteiger partial charge in [0.05, 0.1) is 17.9 Å². The predicted octanol–water partition coefficient (Wildman–Crippen LogP) is 0.317. The van der Waals surface area contributed by atoms with Crippen LogP contribution in [0.1, 0.15) is 12.5 Å². The zero-order valence-corrected chi connectivity index (χ0v) is 8.83. The van der Waals surface area contributed by atoms with Gasteiger partial charge in [-0.3, -0.25) is 0 Å². The van der Waals surface area contributed by atoms with Gasteiger partial charge in [0, 0.05) is 6.20 Å². The quantitative estimate of drug-likeness (QED) is 0.547. The highest BCUT2D eigenvalue weighted by Crippen LogP contribution is 2.09. The van der Waals surface area contributed by atoms with Gasteiger partial charge < -0.3 is 11.5 Å². The summed E-state index contributed by atoms with van der Waals surface area (Å²) >= 11 is 0. The Balaban J connectivity index is 3.00. The second-order valence-electron chi connectivity index (χ2n) is 3.05. The number of nitrogens with zero attached hydrogens (tertiary/aromatic N) is 4. The lowest BCUT2D eigenvalue weighted by atomic mass is 10.3. The van der Waals surface area contributed by atoms with Crippen LogP contribution in [0.4, 0.5) is 5.82 Å². The molecular formula is C10H12N6. The van der Waals surface area contributed by atoms with E-state index in [1.165, 1.54) is 6.20 Å². The fraction of sp³-hybridized carbons (Fsp3) is 0.200. The number of hydrogen-bond donors (Lipinski definition) is 2. The SMILES string of the molecule is C[C@H](N)C(N=CN)=Nc1ccc(C#N)cn1. The minimum absolute atomic E-state index is 0.336. The molecule has 0 unspecified atom stereocenters. The van der Waals surface area contributed by atoms with Gasteiger partial charge in [0.2, 0.25) is 0 Å². The number of hydrogen-bond acceptors (Lipinski definition) is 4. The minimum atomic E-state index is -0.336. The Morgan fingerprint density at radius 3 is 2.81 bits per heavy atom. The summed E-state index contributed by atoms with van der Waals surface area (Å²) in [6, 6.07) is 4.87. The molecule has 4 N–H and O–H groups in total. The summed E-state index contributed by atoms with van der Waals surface area (Å²) in [6.45, 7) is 1.75. The summed E-state index contributed by atoms with van der Waals surface area (Å²) in [5.41, 5.74) is 11.3. The van der Waals surface area contributed by atoms with Crippen molar-refractivity contribution in [2.75, 3.05) is 0 Å². The molecule has 6 heteroatoms. The van der Waals surface area contributed by atoms with Gasteiger partial charge in [-0.15, -0.1) is 0 Å². The second-order valence-corrected chi connectivity index (χ2v) is 3.05. The molecular weight excluding hydrogens is 204 g/mol. The Labute approximate surface area is 93.3 Å². The molecule has 0 radical (unpaired) electrons. The van der Waals surface area contributed by atoms with Gasteiger partial charge in [-0.2, -0.15) is 5.26 Å². The van der Waals surface area contributed by atoms with Crippen LogP contribution in [0.25, 0.3) is 0 Å². The summed E-state index contributed by atoms with van der Waals surface area (Å²) in [5, 5.41) is 8.60. The molecule has 0 aliphatic rings. The molecule has 0 aliphatic carbocycles. The Bertz CT molecular complexity index is 437. The zero-order valence-electron chi connectivity index (χ0n) is 8.83. The highest BCUT2D eigenvalue weighted by atomic mass is 15.0. The van der Waals surface area contributed by atoms with Crippen LogP contribution in [-0.4, -0.2) is 23.2 Å². The lowest BCUT2D eigenvalue weighted by Crippen LogP contribution is -2.25. The van der Waals surface area contributed by atoms with Crippen LogP contribution in [0.15, 0.2) is 28.3 Å². The van der Waals surface area contributed by atoms with Gasteiger partial charge in [-0.05, 0) is 19.1 Å². The number of amidine groups is 1. The van der Waals surface area contributed by atoms with Crippen LogP contribution in [0, 0.1) is 11.3 Å². The first kappa shape index (κ1) is 11.8. The summed E-state index contributed by atoms with van der Waals surface area (Å²) in [7, 11) is 0. The Hall–Kier alpha value is -2.26. The number of aliphatic imine (C=N–C) groups is 2. The van der Waals surface area contributed by atoms with Gasteiger partial charge in [0.15, 0.2) is 5.82 Å². The maximum Gasteiger partial charge on any atom is 0.154 e. The van der Waals surface area contributed by atoms with E-state index < -0.39 is 0 Å². The number of nitrogens with two attached hydrogens (primary N) is 2. The number of nitriles is 1. The number of aromatic nitrogens is 1. The molecule has 0 fully saturated rings. The topological polar surface area (TPSA) is 113 Å². The molecule has 0 saturated carbocycles. The molecule has 0 aromatic carbocycles. The van der Waals surface area contributed by atoms with E-state index in [0.717, 1.165) is 6.34 Å². The lowest BCUT2D eigenvalue weighted by Gasteiger charge is -2.03. The largest absolute Gasteiger partial charge is 0.390 e. The monoisotopic (exact) mass is 216 g/mol. The average Bonchev–Trinajstić information content (AvgIpc) is 2.29.